The summed E-state index contributed by atoms with van der Waals surface area (Å²) in [6.07, 6.45) is 4.34. The van der Waals surface area contributed by atoms with Crippen LogP contribution in [0.5, 0.6) is 5.75 Å². The second kappa shape index (κ2) is 10.4. The van der Waals surface area contributed by atoms with Crippen LogP contribution in [-0.2, 0) is 10.0 Å². The van der Waals surface area contributed by atoms with Crippen LogP contribution >= 0.6 is 0 Å². The minimum Gasteiger partial charge on any atom is -0.489 e. The standard InChI is InChI=1S/C19H32FN3O3S/c1-15(22-27(24,25)12-5-3-4-10-21)16-8-9-18(20)19(13-16)26-14-17-7-6-11-23(17)2/h8-9,13,15,17,22H,3-7,10-12,14,21H2,1-2H3/t15-,17?/m1/s1. The van der Waals surface area contributed by atoms with Crippen LogP contribution in [0.15, 0.2) is 18.2 Å². The molecule has 0 bridgehead atoms. The monoisotopic (exact) mass is 401 g/mol. The Hall–Kier alpha value is -1.22. The molecule has 27 heavy (non-hydrogen) atoms. The summed E-state index contributed by atoms with van der Waals surface area (Å²) in [5.41, 5.74) is 6.10. The average Bonchev–Trinajstić information content (AvgIpc) is 3.02. The number of hydrogen-bond donors (Lipinski definition) is 2. The van der Waals surface area contributed by atoms with Crippen molar-refractivity contribution in [3.8, 4) is 5.75 Å². The molecule has 1 aromatic rings. The van der Waals surface area contributed by atoms with Crippen LogP contribution < -0.4 is 15.2 Å². The summed E-state index contributed by atoms with van der Waals surface area (Å²) < 4.78 is 46.9. The van der Waals surface area contributed by atoms with Crippen molar-refractivity contribution in [2.75, 3.05) is 32.5 Å². The van der Waals surface area contributed by atoms with Crippen molar-refractivity contribution in [2.24, 2.45) is 5.73 Å². The van der Waals surface area contributed by atoms with Gasteiger partial charge in [0, 0.05) is 12.1 Å². The zero-order chi connectivity index (χ0) is 19.9. The van der Waals surface area contributed by atoms with Gasteiger partial charge in [0.1, 0.15) is 6.61 Å². The molecule has 0 spiro atoms. The van der Waals surface area contributed by atoms with E-state index in [4.69, 9.17) is 10.5 Å². The first-order valence-electron chi connectivity index (χ1n) is 9.65. The first-order valence-corrected chi connectivity index (χ1v) is 11.3. The third-order valence-electron chi connectivity index (χ3n) is 5.03. The highest BCUT2D eigenvalue weighted by atomic mass is 32.2. The molecule has 1 aromatic carbocycles. The maximum atomic E-state index is 14.1. The van der Waals surface area contributed by atoms with Gasteiger partial charge in [-0.1, -0.05) is 12.5 Å². The molecule has 1 aliphatic heterocycles. The Bertz CT molecular complexity index is 699. The topological polar surface area (TPSA) is 84.7 Å². The maximum absolute atomic E-state index is 14.1. The van der Waals surface area contributed by atoms with Gasteiger partial charge >= 0.3 is 0 Å². The molecule has 6 nitrogen and oxygen atoms in total. The smallest absolute Gasteiger partial charge is 0.212 e. The molecule has 1 heterocycles. The molecule has 1 fully saturated rings. The molecule has 2 rings (SSSR count). The van der Waals surface area contributed by atoms with E-state index < -0.39 is 21.9 Å². The van der Waals surface area contributed by atoms with E-state index in [1.165, 1.54) is 6.07 Å². The predicted octanol–water partition coefficient (Wildman–Crippen LogP) is 2.41. The van der Waals surface area contributed by atoms with Crippen molar-refractivity contribution in [2.45, 2.75) is 51.1 Å². The number of halogens is 1. The van der Waals surface area contributed by atoms with Crippen molar-refractivity contribution in [3.63, 3.8) is 0 Å². The van der Waals surface area contributed by atoms with Gasteiger partial charge in [0.05, 0.1) is 5.75 Å². The Morgan fingerprint density at radius 1 is 1.37 bits per heavy atom. The summed E-state index contributed by atoms with van der Waals surface area (Å²) in [5, 5.41) is 0. The Balaban J connectivity index is 1.94. The van der Waals surface area contributed by atoms with Crippen LogP contribution in [0, 0.1) is 5.82 Å². The number of hydrogen-bond acceptors (Lipinski definition) is 5. The lowest BCUT2D eigenvalue weighted by atomic mass is 10.1. The number of nitrogens with zero attached hydrogens (tertiary/aromatic N) is 1. The van der Waals surface area contributed by atoms with Crippen molar-refractivity contribution < 1.29 is 17.5 Å². The predicted molar refractivity (Wildman–Crippen MR) is 106 cm³/mol. The van der Waals surface area contributed by atoms with Gasteiger partial charge < -0.3 is 15.4 Å². The van der Waals surface area contributed by atoms with E-state index in [1.54, 1.807) is 19.1 Å². The summed E-state index contributed by atoms with van der Waals surface area (Å²) in [6.45, 7) is 3.77. The molecular weight excluding hydrogens is 369 g/mol. The van der Waals surface area contributed by atoms with Gasteiger partial charge in [0.25, 0.3) is 0 Å². The van der Waals surface area contributed by atoms with Gasteiger partial charge in [-0.15, -0.1) is 0 Å². The molecule has 0 radical (unpaired) electrons. The fourth-order valence-corrected chi connectivity index (χ4v) is 4.66. The van der Waals surface area contributed by atoms with Crippen LogP contribution in [0.2, 0.25) is 0 Å². The number of nitrogens with one attached hydrogen (secondary N) is 1. The van der Waals surface area contributed by atoms with E-state index in [0.29, 0.717) is 25.1 Å². The molecule has 0 aliphatic carbocycles. The number of benzene rings is 1. The normalized spacial score (nSPS) is 19.3. The van der Waals surface area contributed by atoms with Gasteiger partial charge in [0.2, 0.25) is 10.0 Å². The van der Waals surface area contributed by atoms with Gasteiger partial charge in [-0.3, -0.25) is 0 Å². The first-order chi connectivity index (χ1) is 12.8. The van der Waals surface area contributed by atoms with E-state index in [1.807, 2.05) is 7.05 Å². The number of sulfonamides is 1. The molecule has 0 aromatic heterocycles. The molecule has 0 amide bonds. The Morgan fingerprint density at radius 2 is 2.15 bits per heavy atom. The van der Waals surface area contributed by atoms with Crippen LogP contribution in [0.25, 0.3) is 0 Å². The van der Waals surface area contributed by atoms with Crippen LogP contribution in [0.3, 0.4) is 0 Å². The minimum atomic E-state index is -3.40. The van der Waals surface area contributed by atoms with Crippen molar-refractivity contribution in [3.05, 3.63) is 29.6 Å². The van der Waals surface area contributed by atoms with E-state index in [0.717, 1.165) is 32.2 Å². The first kappa shape index (κ1) is 22.1. The summed E-state index contributed by atoms with van der Waals surface area (Å²) in [4.78, 5) is 2.21. The third kappa shape index (κ3) is 7.03. The molecule has 8 heteroatoms. The summed E-state index contributed by atoms with van der Waals surface area (Å²) in [5.74, 6) is -0.200. The Morgan fingerprint density at radius 3 is 2.81 bits per heavy atom. The number of unbranched alkanes of at least 4 members (excludes halogenated alkanes) is 2. The van der Waals surface area contributed by atoms with Gasteiger partial charge in [-0.2, -0.15) is 0 Å². The van der Waals surface area contributed by atoms with E-state index in [2.05, 4.69) is 9.62 Å². The minimum absolute atomic E-state index is 0.0654. The van der Waals surface area contributed by atoms with Crippen LogP contribution in [0.4, 0.5) is 4.39 Å². The lowest BCUT2D eigenvalue weighted by Gasteiger charge is -2.21. The highest BCUT2D eigenvalue weighted by Gasteiger charge is 2.22. The van der Waals surface area contributed by atoms with Crippen LogP contribution in [0.1, 0.15) is 50.6 Å². The zero-order valence-electron chi connectivity index (χ0n) is 16.3. The van der Waals surface area contributed by atoms with E-state index >= 15 is 0 Å². The Kier molecular flexibility index (Phi) is 8.47. The molecule has 2 atom stereocenters. The van der Waals surface area contributed by atoms with E-state index in [-0.39, 0.29) is 17.5 Å². The number of ether oxygens (including phenoxy) is 1. The summed E-state index contributed by atoms with van der Waals surface area (Å²) in [6, 6.07) is 4.34. The van der Waals surface area contributed by atoms with Gasteiger partial charge in [-0.25, -0.2) is 17.5 Å². The zero-order valence-corrected chi connectivity index (χ0v) is 17.1. The van der Waals surface area contributed by atoms with Crippen molar-refractivity contribution >= 4 is 10.0 Å². The highest BCUT2D eigenvalue weighted by Crippen LogP contribution is 2.25. The number of rotatable bonds is 11. The summed E-state index contributed by atoms with van der Waals surface area (Å²) >= 11 is 0. The fraction of sp³-hybridized carbons (Fsp3) is 0.684. The van der Waals surface area contributed by atoms with Gasteiger partial charge in [-0.05, 0) is 70.4 Å². The summed E-state index contributed by atoms with van der Waals surface area (Å²) in [7, 11) is -1.36. The lowest BCUT2D eigenvalue weighted by Crippen LogP contribution is -2.31. The van der Waals surface area contributed by atoms with Crippen molar-refractivity contribution in [1.29, 1.82) is 0 Å². The second-order valence-electron chi connectivity index (χ2n) is 7.29. The van der Waals surface area contributed by atoms with Crippen LogP contribution in [-0.4, -0.2) is 51.9 Å². The number of nitrogens with two attached hydrogens (primary N) is 1. The molecule has 1 aliphatic rings. The number of likely N-dealkylation sites (tertiary alicyclic amines) is 1. The second-order valence-corrected chi connectivity index (χ2v) is 9.16. The van der Waals surface area contributed by atoms with Gasteiger partial charge in [0.15, 0.2) is 11.6 Å². The Labute approximate surface area is 162 Å². The SMILES string of the molecule is C[C@@H](NS(=O)(=O)CCCCCN)c1ccc(F)c(OCC2CCCN2C)c1. The largest absolute Gasteiger partial charge is 0.489 e. The number of likely N-dealkylation sites (N-methyl/N-ethyl adjacent to an activating group) is 1. The fourth-order valence-electron chi connectivity index (χ4n) is 3.29. The third-order valence-corrected chi connectivity index (χ3v) is 6.57. The molecular formula is C19H32FN3O3S. The highest BCUT2D eigenvalue weighted by molar-refractivity contribution is 7.89. The van der Waals surface area contributed by atoms with E-state index in [9.17, 15) is 12.8 Å². The molecule has 0 saturated carbocycles. The molecule has 1 unspecified atom stereocenters. The molecule has 3 N–H and O–H groups in total. The quantitative estimate of drug-likeness (QED) is 0.556. The molecule has 1 saturated heterocycles. The maximum Gasteiger partial charge on any atom is 0.212 e. The lowest BCUT2D eigenvalue weighted by molar-refractivity contribution is 0.193. The average molecular weight is 402 g/mol. The molecule has 154 valence electrons. The van der Waals surface area contributed by atoms with Crippen molar-refractivity contribution in [1.82, 2.24) is 9.62 Å².